The first-order valence-electron chi connectivity index (χ1n) is 1.48. The van der Waals surface area contributed by atoms with Gasteiger partial charge in [-0.2, -0.15) is 8.42 Å². The average molecular weight is 259 g/mol. The summed E-state index contributed by atoms with van der Waals surface area (Å²) in [6.45, 7) is 0. The quantitative estimate of drug-likeness (QED) is 0.204. The molecule has 8 nitrogen and oxygen atoms in total. The van der Waals surface area contributed by atoms with Crippen molar-refractivity contribution in [3.05, 3.63) is 0 Å². The molecule has 5 N–H and O–H groups in total. The van der Waals surface area contributed by atoms with Crippen molar-refractivity contribution in [1.29, 1.82) is 0 Å². The molecular weight excluding hydrogens is 251 g/mol. The smallest absolute Gasteiger partial charge is 1.00 e. The van der Waals surface area contributed by atoms with Gasteiger partial charge in [0.1, 0.15) is 0 Å². The van der Waals surface area contributed by atoms with Crippen LogP contribution in [0.4, 0.5) is 0 Å². The molecule has 12 heavy (non-hydrogen) atoms. The maximum atomic E-state index is 8.88. The van der Waals surface area contributed by atoms with E-state index in [0.29, 0.717) is 0 Å². The van der Waals surface area contributed by atoms with Crippen molar-refractivity contribution >= 4 is 53.7 Å². The Morgan fingerprint density at radius 3 is 1.08 bits per heavy atom. The van der Waals surface area contributed by atoms with Gasteiger partial charge in [0, 0.05) is 0 Å². The molecule has 0 aliphatic rings. The van der Waals surface area contributed by atoms with E-state index in [-0.39, 0.29) is 38.3 Å². The third-order valence-electron chi connectivity index (χ3n) is 0. The van der Waals surface area contributed by atoms with Crippen LogP contribution in [0.25, 0.3) is 0 Å². The molecule has 0 amide bonds. The topological polar surface area (TPSA) is 152 Å². The Kier molecular flexibility index (Phi) is 16.6. The molecule has 0 bridgehead atoms. The van der Waals surface area contributed by atoms with Crippen LogP contribution >= 0.6 is 20.2 Å². The zero-order chi connectivity index (χ0) is 9.00. The van der Waals surface area contributed by atoms with Gasteiger partial charge in [-0.1, -0.05) is 0 Å². The number of phosphoric acid groups is 1. The summed E-state index contributed by atoms with van der Waals surface area (Å²) >= 11 is 0. The fraction of sp³-hybridized carbons (Fsp3) is 0. The van der Waals surface area contributed by atoms with Crippen LogP contribution in [0.15, 0.2) is 0 Å². The van der Waals surface area contributed by atoms with Gasteiger partial charge in [0.25, 0.3) is 0 Å². The second-order valence-electron chi connectivity index (χ2n) is 0.961. The van der Waals surface area contributed by atoms with Crippen LogP contribution in [0, 0.1) is 0 Å². The molecule has 0 aromatic heterocycles. The van der Waals surface area contributed by atoms with Crippen molar-refractivity contribution in [2.75, 3.05) is 0 Å². The molecule has 0 saturated carbocycles. The maximum Gasteiger partial charge on any atom is 2.00 e. The molecule has 0 aliphatic heterocycles. The fourth-order valence-corrected chi connectivity index (χ4v) is 0. The van der Waals surface area contributed by atoms with Gasteiger partial charge in [0.2, 0.25) is 0 Å². The fourth-order valence-electron chi connectivity index (χ4n) is 0. The van der Waals surface area contributed by atoms with Gasteiger partial charge in [0.05, 0.1) is 0 Å². The van der Waals surface area contributed by atoms with Crippen molar-refractivity contribution in [3.8, 4) is 0 Å². The van der Waals surface area contributed by atoms with Crippen molar-refractivity contribution in [2.45, 2.75) is 0 Å². The molecular formula is H8ClMgO8PS. The molecule has 0 aromatic rings. The van der Waals surface area contributed by atoms with E-state index in [2.05, 4.69) is 0 Å². The standard InChI is InChI=1S/ClH.Mg.H3O4P.H2O4S.2H/c;;2*1-5(2,3)4;;/h1H;;(H3,1,2,3,4);(H2,1,2,3,4);;/q;+2;;;2*-1. The minimum absolute atomic E-state index is 0. The molecule has 76 valence electrons. The Morgan fingerprint density at radius 2 is 1.08 bits per heavy atom. The van der Waals surface area contributed by atoms with E-state index < -0.39 is 18.2 Å². The van der Waals surface area contributed by atoms with Crippen LogP contribution in [0.1, 0.15) is 2.85 Å². The van der Waals surface area contributed by atoms with E-state index in [9.17, 15) is 0 Å². The first-order chi connectivity index (χ1) is 4.00. The SMILES string of the molecule is Cl.O=P(O)(O)O.O=S(=O)(O)O.[H-].[H-].[Mg+2]. The summed E-state index contributed by atoms with van der Waals surface area (Å²) in [5.74, 6) is 0. The number of hydrogen-bond acceptors (Lipinski definition) is 3. The van der Waals surface area contributed by atoms with Gasteiger partial charge in [-0.05, 0) is 0 Å². The molecule has 0 atom stereocenters. The Bertz CT molecular complexity index is 205. The summed E-state index contributed by atoms with van der Waals surface area (Å²) in [5.41, 5.74) is 0. The summed E-state index contributed by atoms with van der Waals surface area (Å²) in [5, 5.41) is 0. The molecule has 0 heterocycles. The molecule has 12 heteroatoms. The molecule has 0 aliphatic carbocycles. The Balaban J connectivity index is -0.0000000178. The molecule has 0 unspecified atom stereocenters. The predicted octanol–water partition coefficient (Wildman–Crippen LogP) is -1.32. The van der Waals surface area contributed by atoms with E-state index in [1.54, 1.807) is 0 Å². The second-order valence-corrected chi connectivity index (χ2v) is 2.88. The monoisotopic (exact) mass is 258 g/mol. The molecule has 0 fully saturated rings. The van der Waals surface area contributed by atoms with E-state index in [4.69, 9.17) is 36.8 Å². The van der Waals surface area contributed by atoms with E-state index in [1.165, 1.54) is 0 Å². The number of hydrogen-bond donors (Lipinski definition) is 5. The van der Waals surface area contributed by atoms with Crippen molar-refractivity contribution < 1.29 is 39.6 Å². The summed E-state index contributed by atoms with van der Waals surface area (Å²) in [6, 6.07) is 0. The van der Waals surface area contributed by atoms with Crippen LogP contribution in [0.5, 0.6) is 0 Å². The number of rotatable bonds is 0. The molecule has 0 radical (unpaired) electrons. The molecule has 0 spiro atoms. The Hall–Kier alpha value is 1.04. The maximum absolute atomic E-state index is 8.88. The van der Waals surface area contributed by atoms with Crippen LogP contribution in [-0.4, -0.2) is 55.3 Å². The minimum atomic E-state index is -4.67. The Morgan fingerprint density at radius 1 is 1.08 bits per heavy atom. The van der Waals surface area contributed by atoms with Crippen LogP contribution in [0.3, 0.4) is 0 Å². The minimum Gasteiger partial charge on any atom is -1.00 e. The largest absolute Gasteiger partial charge is 2.00 e. The van der Waals surface area contributed by atoms with Gasteiger partial charge in [-0.15, -0.1) is 12.4 Å². The third kappa shape index (κ3) is 1040. The summed E-state index contributed by atoms with van der Waals surface area (Å²) in [7, 11) is -9.31. The van der Waals surface area contributed by atoms with Crippen LogP contribution in [-0.2, 0) is 15.0 Å². The summed E-state index contributed by atoms with van der Waals surface area (Å²) in [6.07, 6.45) is 0. The molecule has 0 rings (SSSR count). The van der Waals surface area contributed by atoms with E-state index in [1.807, 2.05) is 0 Å². The van der Waals surface area contributed by atoms with E-state index in [0.717, 1.165) is 0 Å². The van der Waals surface area contributed by atoms with Crippen LogP contribution < -0.4 is 0 Å². The zero-order valence-electron chi connectivity index (χ0n) is 7.43. The first-order valence-corrected chi connectivity index (χ1v) is 4.44. The number of halogens is 1. The van der Waals surface area contributed by atoms with Gasteiger partial charge < -0.3 is 17.5 Å². The van der Waals surface area contributed by atoms with Gasteiger partial charge in [0.15, 0.2) is 0 Å². The van der Waals surface area contributed by atoms with Gasteiger partial charge in [-0.25, -0.2) is 4.57 Å². The van der Waals surface area contributed by atoms with Gasteiger partial charge >= 0.3 is 41.3 Å². The second kappa shape index (κ2) is 8.63. The average Bonchev–Trinajstić information content (AvgIpc) is 1.12. The molecule has 0 aromatic carbocycles. The third-order valence-corrected chi connectivity index (χ3v) is 0. The summed E-state index contributed by atoms with van der Waals surface area (Å²) < 4.78 is 40.5. The van der Waals surface area contributed by atoms with Gasteiger partial charge in [-0.3, -0.25) is 9.11 Å². The van der Waals surface area contributed by atoms with E-state index >= 15 is 0 Å². The first kappa shape index (κ1) is 23.1. The summed E-state index contributed by atoms with van der Waals surface area (Å²) in [4.78, 5) is 21.6. The predicted molar refractivity (Wildman–Crippen MR) is 43.7 cm³/mol. The normalized spacial score (nSPS) is 9.75. The van der Waals surface area contributed by atoms with Crippen LogP contribution in [0.2, 0.25) is 0 Å². The van der Waals surface area contributed by atoms with Crippen molar-refractivity contribution in [3.63, 3.8) is 0 Å². The Labute approximate surface area is 93.3 Å². The van der Waals surface area contributed by atoms with Crippen molar-refractivity contribution in [1.82, 2.24) is 0 Å². The molecule has 0 saturated heterocycles. The van der Waals surface area contributed by atoms with Crippen molar-refractivity contribution in [2.24, 2.45) is 0 Å². The zero-order valence-corrected chi connectivity index (χ0v) is 9.37.